The van der Waals surface area contributed by atoms with Crippen LogP contribution in [0, 0.1) is 17.6 Å². The van der Waals surface area contributed by atoms with E-state index in [0.29, 0.717) is 12.1 Å². The van der Waals surface area contributed by atoms with Crippen LogP contribution >= 0.6 is 0 Å². The largest absolute Gasteiger partial charge is 0.503 e. The van der Waals surface area contributed by atoms with Crippen LogP contribution in [0.3, 0.4) is 0 Å². The second-order valence-corrected chi connectivity index (χ2v) is 6.34. The van der Waals surface area contributed by atoms with Crippen LogP contribution in [-0.2, 0) is 31.2 Å². The normalized spacial score (nSPS) is 16.3. The van der Waals surface area contributed by atoms with Gasteiger partial charge in [-0.3, -0.25) is 14.2 Å². The third-order valence-electron chi connectivity index (χ3n) is 4.72. The van der Waals surface area contributed by atoms with E-state index in [9.17, 15) is 28.3 Å². The molecule has 0 fully saturated rings. The van der Waals surface area contributed by atoms with E-state index in [-0.39, 0.29) is 24.0 Å². The van der Waals surface area contributed by atoms with Crippen molar-refractivity contribution in [3.05, 3.63) is 61.4 Å². The Morgan fingerprint density at radius 3 is 2.46 bits per heavy atom. The Balaban J connectivity index is 2.11. The molecule has 1 aromatic heterocycles. The van der Waals surface area contributed by atoms with E-state index in [4.69, 9.17) is 5.11 Å². The third-order valence-corrected chi connectivity index (χ3v) is 4.72. The van der Waals surface area contributed by atoms with Crippen molar-refractivity contribution in [3.8, 4) is 5.75 Å². The van der Waals surface area contributed by atoms with Gasteiger partial charge in [-0.2, -0.15) is 0 Å². The highest BCUT2D eigenvalue weighted by molar-refractivity contribution is 5.70. The maximum atomic E-state index is 13.5. The molecule has 138 valence electrons. The average molecular weight is 366 g/mol. The van der Waals surface area contributed by atoms with Gasteiger partial charge in [-0.15, -0.1) is 0 Å². The van der Waals surface area contributed by atoms with Crippen LogP contribution in [0.5, 0.6) is 5.75 Å². The first-order valence-corrected chi connectivity index (χ1v) is 7.92. The Morgan fingerprint density at radius 1 is 1.27 bits per heavy atom. The van der Waals surface area contributed by atoms with Gasteiger partial charge >= 0.3 is 11.7 Å². The summed E-state index contributed by atoms with van der Waals surface area (Å²) in [6.07, 6.45) is 0.611. The number of aromatic nitrogens is 2. The Morgan fingerprint density at radius 2 is 1.88 bits per heavy atom. The van der Waals surface area contributed by atoms with Gasteiger partial charge in [-0.05, 0) is 37.0 Å². The van der Waals surface area contributed by atoms with Gasteiger partial charge in [0.1, 0.15) is 0 Å². The molecular weight excluding hydrogens is 350 g/mol. The number of carbonyl (C=O) groups is 1. The summed E-state index contributed by atoms with van der Waals surface area (Å²) in [5, 5.41) is 18.3. The number of rotatable bonds is 3. The lowest BCUT2D eigenvalue weighted by molar-refractivity contribution is -0.142. The molecule has 0 spiro atoms. The van der Waals surface area contributed by atoms with Crippen molar-refractivity contribution in [3.63, 3.8) is 0 Å². The summed E-state index contributed by atoms with van der Waals surface area (Å²) in [6, 6.07) is 1.67. The molecule has 0 saturated carbocycles. The number of aromatic hydroxyl groups is 1. The molecule has 1 aromatic carbocycles. The molecule has 0 aliphatic heterocycles. The van der Waals surface area contributed by atoms with Gasteiger partial charge in [0.05, 0.1) is 12.5 Å². The number of benzene rings is 1. The van der Waals surface area contributed by atoms with Gasteiger partial charge < -0.3 is 14.8 Å². The summed E-state index contributed by atoms with van der Waals surface area (Å²) in [5.41, 5.74) is -0.621. The van der Waals surface area contributed by atoms with Crippen molar-refractivity contribution in [2.24, 2.45) is 13.0 Å². The maximum Gasteiger partial charge on any atom is 0.331 e. The van der Waals surface area contributed by atoms with Gasteiger partial charge in [-0.25, -0.2) is 13.6 Å². The predicted molar refractivity (Wildman–Crippen MR) is 86.2 cm³/mol. The Kier molecular flexibility index (Phi) is 4.39. The number of carboxylic acid groups (broad SMARTS) is 1. The zero-order chi connectivity index (χ0) is 19.2. The Labute approximate surface area is 145 Å². The number of nitrogens with zero attached hydrogens (tertiary/aromatic N) is 2. The molecule has 2 N–H and O–H groups in total. The van der Waals surface area contributed by atoms with Crippen LogP contribution < -0.4 is 11.2 Å². The van der Waals surface area contributed by atoms with Gasteiger partial charge in [0.2, 0.25) is 0 Å². The molecule has 0 radical (unpaired) electrons. The van der Waals surface area contributed by atoms with E-state index in [0.717, 1.165) is 16.7 Å². The number of aliphatic carboxylic acids is 1. The van der Waals surface area contributed by atoms with Crippen molar-refractivity contribution in [2.75, 3.05) is 0 Å². The van der Waals surface area contributed by atoms with Crippen LogP contribution in [0.25, 0.3) is 0 Å². The fourth-order valence-electron chi connectivity index (χ4n) is 3.30. The van der Waals surface area contributed by atoms with Crippen molar-refractivity contribution in [1.29, 1.82) is 0 Å². The Hall–Kier alpha value is -2.97. The van der Waals surface area contributed by atoms with E-state index >= 15 is 0 Å². The zero-order valence-corrected chi connectivity index (χ0v) is 13.8. The third kappa shape index (κ3) is 2.89. The number of hydrogen-bond acceptors (Lipinski definition) is 4. The first-order valence-electron chi connectivity index (χ1n) is 7.92. The molecule has 9 heteroatoms. The molecule has 1 heterocycles. The molecule has 0 saturated heterocycles. The average Bonchev–Trinajstić information content (AvgIpc) is 2.60. The topological polar surface area (TPSA) is 102 Å². The van der Waals surface area contributed by atoms with Crippen molar-refractivity contribution in [1.82, 2.24) is 9.13 Å². The van der Waals surface area contributed by atoms with Gasteiger partial charge in [0, 0.05) is 18.3 Å². The van der Waals surface area contributed by atoms with E-state index in [1.165, 1.54) is 11.6 Å². The fraction of sp³-hybridized carbons (Fsp3) is 0.353. The SMILES string of the molecule is Cn1c2c(c(=O)n(Cc3cc(F)c(O)c(F)c3)c1=O)CC(C(=O)O)CC2. The molecule has 26 heavy (non-hydrogen) atoms. The molecule has 0 amide bonds. The monoisotopic (exact) mass is 366 g/mol. The molecule has 0 bridgehead atoms. The van der Waals surface area contributed by atoms with Crippen LogP contribution in [0.2, 0.25) is 0 Å². The van der Waals surface area contributed by atoms with E-state index in [1.807, 2.05) is 0 Å². The van der Waals surface area contributed by atoms with E-state index in [1.54, 1.807) is 0 Å². The first kappa shape index (κ1) is 17.8. The molecule has 7 nitrogen and oxygen atoms in total. The molecule has 2 aromatic rings. The lowest BCUT2D eigenvalue weighted by Gasteiger charge is -2.24. The van der Waals surface area contributed by atoms with Crippen LogP contribution in [0.15, 0.2) is 21.7 Å². The van der Waals surface area contributed by atoms with E-state index in [2.05, 4.69) is 0 Å². The minimum Gasteiger partial charge on any atom is -0.503 e. The summed E-state index contributed by atoms with van der Waals surface area (Å²) < 4.78 is 29.1. The van der Waals surface area contributed by atoms with E-state index < -0.39 is 47.1 Å². The van der Waals surface area contributed by atoms with Crippen molar-refractivity contribution < 1.29 is 23.8 Å². The van der Waals surface area contributed by atoms with Crippen molar-refractivity contribution >= 4 is 5.97 Å². The minimum atomic E-state index is -1.20. The summed E-state index contributed by atoms with van der Waals surface area (Å²) >= 11 is 0. The second-order valence-electron chi connectivity index (χ2n) is 6.34. The number of hydrogen-bond donors (Lipinski definition) is 2. The highest BCUT2D eigenvalue weighted by Crippen LogP contribution is 2.23. The van der Waals surface area contributed by atoms with Gasteiger partial charge in [0.15, 0.2) is 17.4 Å². The van der Waals surface area contributed by atoms with Gasteiger partial charge in [-0.1, -0.05) is 0 Å². The summed E-state index contributed by atoms with van der Waals surface area (Å²) in [6.45, 7) is -0.398. The maximum absolute atomic E-state index is 13.5. The standard InChI is InChI=1S/C17H16F2N2O5/c1-20-13-3-2-9(16(24)25)6-10(13)15(23)21(17(20)26)7-8-4-11(18)14(22)12(19)5-8/h4-5,9,22H,2-3,6-7H2,1H3,(H,24,25). The predicted octanol–water partition coefficient (Wildman–Crippen LogP) is 0.769. The minimum absolute atomic E-state index is 0.00405. The number of phenols is 1. The number of fused-ring (bicyclic) bond motifs is 1. The number of carboxylic acids is 1. The smallest absolute Gasteiger partial charge is 0.331 e. The number of halogens is 2. The molecule has 3 rings (SSSR count). The quantitative estimate of drug-likeness (QED) is 0.836. The highest BCUT2D eigenvalue weighted by atomic mass is 19.1. The number of phenolic OH excluding ortho intramolecular Hbond substituents is 1. The lowest BCUT2D eigenvalue weighted by Crippen LogP contribution is -2.45. The van der Waals surface area contributed by atoms with Gasteiger partial charge in [0.25, 0.3) is 5.56 Å². The Bertz CT molecular complexity index is 1000. The molecule has 1 atom stereocenters. The summed E-state index contributed by atoms with van der Waals surface area (Å²) in [4.78, 5) is 36.4. The van der Waals surface area contributed by atoms with Crippen LogP contribution in [0.4, 0.5) is 8.78 Å². The molecular formula is C17H16F2N2O5. The summed E-state index contributed by atoms with van der Waals surface area (Å²) in [7, 11) is 1.47. The highest BCUT2D eigenvalue weighted by Gasteiger charge is 2.29. The molecule has 1 unspecified atom stereocenters. The zero-order valence-electron chi connectivity index (χ0n) is 13.8. The second kappa shape index (κ2) is 6.40. The van der Waals surface area contributed by atoms with Crippen LogP contribution in [0.1, 0.15) is 23.2 Å². The molecule has 1 aliphatic rings. The van der Waals surface area contributed by atoms with Crippen molar-refractivity contribution in [2.45, 2.75) is 25.8 Å². The lowest BCUT2D eigenvalue weighted by atomic mass is 9.87. The first-order chi connectivity index (χ1) is 12.2. The fourth-order valence-corrected chi connectivity index (χ4v) is 3.30. The van der Waals surface area contributed by atoms with Crippen LogP contribution in [-0.4, -0.2) is 25.3 Å². The summed E-state index contributed by atoms with van der Waals surface area (Å²) in [5.74, 6) is -5.27. The molecule has 1 aliphatic carbocycles.